The van der Waals surface area contributed by atoms with Gasteiger partial charge in [-0.15, -0.1) is 10.2 Å². The van der Waals surface area contributed by atoms with Gasteiger partial charge in [0.15, 0.2) is 5.69 Å². The Labute approximate surface area is 126 Å². The van der Waals surface area contributed by atoms with E-state index in [9.17, 15) is 10.1 Å². The summed E-state index contributed by atoms with van der Waals surface area (Å²) in [4.78, 5) is 11.1. The van der Waals surface area contributed by atoms with Crippen molar-refractivity contribution in [3.8, 4) is 6.07 Å². The summed E-state index contributed by atoms with van der Waals surface area (Å²) in [5.41, 5.74) is 7.84. The SMILES string of the molecule is N#Cc1nnc2ccccc2c1Nc1ccc(C(N)=O)cc1. The Morgan fingerprint density at radius 2 is 1.82 bits per heavy atom. The van der Waals surface area contributed by atoms with Crippen molar-refractivity contribution in [2.45, 2.75) is 0 Å². The highest BCUT2D eigenvalue weighted by Gasteiger charge is 2.10. The maximum absolute atomic E-state index is 11.1. The number of nitrogens with zero attached hydrogens (tertiary/aromatic N) is 3. The summed E-state index contributed by atoms with van der Waals surface area (Å²) in [5.74, 6) is -0.486. The molecule has 0 spiro atoms. The fourth-order valence-corrected chi connectivity index (χ4v) is 2.12. The predicted octanol–water partition coefficient (Wildman–Crippen LogP) is 2.34. The number of nitrogens with two attached hydrogens (primary N) is 1. The maximum Gasteiger partial charge on any atom is 0.248 e. The van der Waals surface area contributed by atoms with Crippen LogP contribution in [0.2, 0.25) is 0 Å². The molecule has 3 rings (SSSR count). The summed E-state index contributed by atoms with van der Waals surface area (Å²) < 4.78 is 0. The lowest BCUT2D eigenvalue weighted by atomic mass is 10.1. The number of nitriles is 1. The second kappa shape index (κ2) is 5.50. The van der Waals surface area contributed by atoms with E-state index < -0.39 is 5.91 Å². The van der Waals surface area contributed by atoms with Gasteiger partial charge in [0.05, 0.1) is 11.2 Å². The third-order valence-corrected chi connectivity index (χ3v) is 3.21. The Morgan fingerprint density at radius 3 is 2.50 bits per heavy atom. The van der Waals surface area contributed by atoms with E-state index in [-0.39, 0.29) is 5.69 Å². The molecule has 0 atom stereocenters. The van der Waals surface area contributed by atoms with Crippen molar-refractivity contribution in [1.29, 1.82) is 5.26 Å². The molecule has 0 saturated heterocycles. The second-order valence-corrected chi connectivity index (χ2v) is 4.62. The molecule has 1 amide bonds. The van der Waals surface area contributed by atoms with Crippen LogP contribution in [-0.4, -0.2) is 16.1 Å². The van der Waals surface area contributed by atoms with Crippen LogP contribution in [0.1, 0.15) is 16.1 Å². The van der Waals surface area contributed by atoms with Crippen LogP contribution in [0.3, 0.4) is 0 Å². The van der Waals surface area contributed by atoms with Crippen molar-refractivity contribution in [2.24, 2.45) is 5.73 Å². The van der Waals surface area contributed by atoms with Gasteiger partial charge >= 0.3 is 0 Å². The zero-order valence-corrected chi connectivity index (χ0v) is 11.4. The number of carbonyl (C=O) groups excluding carboxylic acids is 1. The average Bonchev–Trinajstić information content (AvgIpc) is 2.55. The lowest BCUT2D eigenvalue weighted by Gasteiger charge is -2.10. The van der Waals surface area contributed by atoms with Crippen molar-refractivity contribution in [1.82, 2.24) is 10.2 Å². The highest BCUT2D eigenvalue weighted by atomic mass is 16.1. The van der Waals surface area contributed by atoms with Crippen molar-refractivity contribution < 1.29 is 4.79 Å². The van der Waals surface area contributed by atoms with Gasteiger partial charge in [0.1, 0.15) is 6.07 Å². The smallest absolute Gasteiger partial charge is 0.248 e. The van der Waals surface area contributed by atoms with Crippen LogP contribution >= 0.6 is 0 Å². The molecule has 1 heterocycles. The molecule has 0 radical (unpaired) electrons. The van der Waals surface area contributed by atoms with Gasteiger partial charge in [0.2, 0.25) is 5.91 Å². The summed E-state index contributed by atoms with van der Waals surface area (Å²) in [6, 6.07) is 16.1. The molecule has 6 heteroatoms. The first-order valence-corrected chi connectivity index (χ1v) is 6.51. The number of aromatic nitrogens is 2. The molecule has 0 saturated carbocycles. The first-order chi connectivity index (χ1) is 10.7. The molecular weight excluding hydrogens is 278 g/mol. The van der Waals surface area contributed by atoms with Gasteiger partial charge in [-0.3, -0.25) is 4.79 Å². The Hall–Kier alpha value is -3.46. The van der Waals surface area contributed by atoms with E-state index in [4.69, 9.17) is 5.73 Å². The Morgan fingerprint density at radius 1 is 1.09 bits per heavy atom. The zero-order chi connectivity index (χ0) is 15.5. The summed E-state index contributed by atoms with van der Waals surface area (Å²) in [7, 11) is 0. The van der Waals surface area contributed by atoms with Crippen molar-refractivity contribution in [3.05, 3.63) is 59.8 Å². The fourth-order valence-electron chi connectivity index (χ4n) is 2.12. The molecule has 0 aliphatic heterocycles. The van der Waals surface area contributed by atoms with Crippen LogP contribution in [-0.2, 0) is 0 Å². The molecule has 0 aliphatic carbocycles. The summed E-state index contributed by atoms with van der Waals surface area (Å²) in [6.45, 7) is 0. The average molecular weight is 289 g/mol. The number of anilines is 2. The number of hydrogen-bond donors (Lipinski definition) is 2. The minimum Gasteiger partial charge on any atom is -0.366 e. The monoisotopic (exact) mass is 289 g/mol. The maximum atomic E-state index is 11.1. The van der Waals surface area contributed by atoms with E-state index in [1.54, 1.807) is 24.3 Å². The second-order valence-electron chi connectivity index (χ2n) is 4.62. The molecule has 0 unspecified atom stereocenters. The Kier molecular flexibility index (Phi) is 3.38. The van der Waals surface area contributed by atoms with E-state index in [0.717, 1.165) is 11.1 Å². The first kappa shape index (κ1) is 13.5. The molecule has 0 bridgehead atoms. The number of rotatable bonds is 3. The minimum absolute atomic E-state index is 0.206. The molecule has 0 fully saturated rings. The van der Waals surface area contributed by atoms with Crippen LogP contribution in [0.5, 0.6) is 0 Å². The van der Waals surface area contributed by atoms with Gasteiger partial charge in [-0.1, -0.05) is 18.2 Å². The summed E-state index contributed by atoms with van der Waals surface area (Å²) in [6.07, 6.45) is 0. The molecule has 22 heavy (non-hydrogen) atoms. The van der Waals surface area contributed by atoms with Gasteiger partial charge in [0.25, 0.3) is 0 Å². The van der Waals surface area contributed by atoms with Gasteiger partial charge < -0.3 is 11.1 Å². The van der Waals surface area contributed by atoms with Crippen molar-refractivity contribution >= 4 is 28.2 Å². The number of fused-ring (bicyclic) bond motifs is 1. The van der Waals surface area contributed by atoms with Gasteiger partial charge in [-0.05, 0) is 30.3 Å². The lowest BCUT2D eigenvalue weighted by molar-refractivity contribution is 0.100. The van der Waals surface area contributed by atoms with Gasteiger partial charge in [-0.2, -0.15) is 5.26 Å². The molecule has 0 aliphatic rings. The molecule has 1 aromatic heterocycles. The van der Waals surface area contributed by atoms with Crippen molar-refractivity contribution in [3.63, 3.8) is 0 Å². The molecule has 2 aromatic carbocycles. The fraction of sp³-hybridized carbons (Fsp3) is 0. The summed E-state index contributed by atoms with van der Waals surface area (Å²) >= 11 is 0. The third-order valence-electron chi connectivity index (χ3n) is 3.21. The standard InChI is InChI=1S/C16H11N5O/c17-9-14-15(12-3-1-2-4-13(12)20-21-14)19-11-7-5-10(6-8-11)16(18)22/h1-8H,(H2,18,22)(H,19,20). The van der Waals surface area contributed by atoms with E-state index in [1.807, 2.05) is 30.3 Å². The highest BCUT2D eigenvalue weighted by Crippen LogP contribution is 2.27. The number of hydrogen-bond acceptors (Lipinski definition) is 5. The Bertz CT molecular complexity index is 897. The molecule has 106 valence electrons. The number of amides is 1. The number of primary amides is 1. The van der Waals surface area contributed by atoms with Crippen molar-refractivity contribution in [2.75, 3.05) is 5.32 Å². The normalized spacial score (nSPS) is 10.1. The van der Waals surface area contributed by atoms with E-state index >= 15 is 0 Å². The van der Waals surface area contributed by atoms with Crippen LogP contribution in [0.4, 0.5) is 11.4 Å². The topological polar surface area (TPSA) is 105 Å². The van der Waals surface area contributed by atoms with E-state index in [2.05, 4.69) is 15.5 Å². The Balaban J connectivity index is 2.06. The van der Waals surface area contributed by atoms with Crippen LogP contribution in [0.15, 0.2) is 48.5 Å². The lowest BCUT2D eigenvalue weighted by Crippen LogP contribution is -2.10. The molecule has 6 nitrogen and oxygen atoms in total. The van der Waals surface area contributed by atoms with Gasteiger partial charge in [0, 0.05) is 16.6 Å². The minimum atomic E-state index is -0.486. The van der Waals surface area contributed by atoms with Crippen LogP contribution < -0.4 is 11.1 Å². The molecule has 3 N–H and O–H groups in total. The predicted molar refractivity (Wildman–Crippen MR) is 82.5 cm³/mol. The summed E-state index contributed by atoms with van der Waals surface area (Å²) in [5, 5.41) is 21.1. The van der Waals surface area contributed by atoms with E-state index in [0.29, 0.717) is 16.8 Å². The number of carbonyl (C=O) groups is 1. The first-order valence-electron chi connectivity index (χ1n) is 6.51. The molecular formula is C16H11N5O. The van der Waals surface area contributed by atoms with E-state index in [1.165, 1.54) is 0 Å². The zero-order valence-electron chi connectivity index (χ0n) is 11.4. The van der Waals surface area contributed by atoms with Gasteiger partial charge in [-0.25, -0.2) is 0 Å². The van der Waals surface area contributed by atoms with Crippen LogP contribution in [0.25, 0.3) is 10.9 Å². The van der Waals surface area contributed by atoms with Crippen LogP contribution in [0, 0.1) is 11.3 Å². The number of nitrogens with one attached hydrogen (secondary N) is 1. The third kappa shape index (κ3) is 2.43. The quantitative estimate of drug-likeness (QED) is 0.770. The molecule has 3 aromatic rings. The largest absolute Gasteiger partial charge is 0.366 e. The highest BCUT2D eigenvalue weighted by molar-refractivity contribution is 5.95. The number of benzene rings is 2.